The lowest BCUT2D eigenvalue weighted by Gasteiger charge is -2.35. The average Bonchev–Trinajstić information content (AvgIpc) is 2.82. The standard InChI is InChI=1S/C27H35N3O3S/c1-20-9-10-21-7-6-8-24(23(21)17-20)27(2,3)19-28-34(31,32)22-11-12-26(33-5)25(18-22)30-15-13-29(4)14-16-30/h6-12,17-18,28H,13-16,19H2,1-5H3. The van der Waals surface area contributed by atoms with Crippen molar-refractivity contribution < 1.29 is 13.2 Å². The van der Waals surface area contributed by atoms with Crippen LogP contribution in [-0.2, 0) is 15.4 Å². The van der Waals surface area contributed by atoms with Gasteiger partial charge < -0.3 is 14.5 Å². The van der Waals surface area contributed by atoms with E-state index in [0.29, 0.717) is 5.75 Å². The van der Waals surface area contributed by atoms with Crippen LogP contribution in [0.15, 0.2) is 59.5 Å². The number of rotatable bonds is 7. The molecule has 1 aliphatic heterocycles. The maximum Gasteiger partial charge on any atom is 0.240 e. The Morgan fingerprint density at radius 2 is 1.74 bits per heavy atom. The SMILES string of the molecule is COc1ccc(S(=O)(=O)NCC(C)(C)c2cccc3ccc(C)cc23)cc1N1CCN(C)CC1. The van der Waals surface area contributed by atoms with E-state index in [2.05, 4.69) is 72.7 Å². The molecule has 0 aliphatic carbocycles. The summed E-state index contributed by atoms with van der Waals surface area (Å²) in [4.78, 5) is 4.72. The van der Waals surface area contributed by atoms with E-state index in [1.807, 2.05) is 6.07 Å². The fraction of sp³-hybridized carbons (Fsp3) is 0.407. The van der Waals surface area contributed by atoms with Crippen molar-refractivity contribution in [2.75, 3.05) is 51.8 Å². The summed E-state index contributed by atoms with van der Waals surface area (Å²) in [6.45, 7) is 10.0. The number of fused-ring (bicyclic) bond motifs is 1. The molecule has 1 fully saturated rings. The molecule has 0 atom stereocenters. The summed E-state index contributed by atoms with van der Waals surface area (Å²) in [5.41, 5.74) is 2.74. The van der Waals surface area contributed by atoms with Crippen LogP contribution in [0.25, 0.3) is 10.8 Å². The van der Waals surface area contributed by atoms with E-state index in [1.54, 1.807) is 25.3 Å². The summed E-state index contributed by atoms with van der Waals surface area (Å²) < 4.78 is 35.1. The third kappa shape index (κ3) is 5.06. The Hall–Kier alpha value is -2.61. The van der Waals surface area contributed by atoms with Crippen LogP contribution in [0.1, 0.15) is 25.0 Å². The Bertz CT molecular complexity index is 1280. The summed E-state index contributed by atoms with van der Waals surface area (Å²) in [5.74, 6) is 0.690. The van der Waals surface area contributed by atoms with Gasteiger partial charge in [-0.1, -0.05) is 55.8 Å². The molecule has 7 heteroatoms. The first-order chi connectivity index (χ1) is 16.1. The Kier molecular flexibility index (Phi) is 6.90. The predicted octanol–water partition coefficient (Wildman–Crippen LogP) is 4.16. The van der Waals surface area contributed by atoms with Gasteiger partial charge in [0.1, 0.15) is 5.75 Å². The first-order valence-corrected chi connectivity index (χ1v) is 13.2. The fourth-order valence-electron chi connectivity index (χ4n) is 4.56. The van der Waals surface area contributed by atoms with Crippen LogP contribution in [0, 0.1) is 6.92 Å². The molecule has 0 saturated carbocycles. The maximum absolute atomic E-state index is 13.3. The number of ether oxygens (including phenoxy) is 1. The van der Waals surface area contributed by atoms with Crippen LogP contribution < -0.4 is 14.4 Å². The minimum atomic E-state index is -3.70. The number of methoxy groups -OCH3 is 1. The van der Waals surface area contributed by atoms with Gasteiger partial charge in [0.2, 0.25) is 10.0 Å². The number of hydrogen-bond acceptors (Lipinski definition) is 5. The van der Waals surface area contributed by atoms with Crippen LogP contribution in [0.3, 0.4) is 0 Å². The summed E-state index contributed by atoms with van der Waals surface area (Å²) in [6.07, 6.45) is 0. The molecule has 0 bridgehead atoms. The molecule has 0 radical (unpaired) electrons. The zero-order valence-corrected chi connectivity index (χ0v) is 21.6. The number of benzene rings is 3. The van der Waals surface area contributed by atoms with Gasteiger partial charge >= 0.3 is 0 Å². The molecule has 34 heavy (non-hydrogen) atoms. The van der Waals surface area contributed by atoms with E-state index in [-0.39, 0.29) is 11.4 Å². The monoisotopic (exact) mass is 481 g/mol. The molecule has 1 heterocycles. The van der Waals surface area contributed by atoms with Crippen molar-refractivity contribution in [2.24, 2.45) is 0 Å². The molecular formula is C27H35N3O3S. The molecule has 0 unspecified atom stereocenters. The van der Waals surface area contributed by atoms with Crippen molar-refractivity contribution in [3.05, 3.63) is 65.7 Å². The Morgan fingerprint density at radius 1 is 1.00 bits per heavy atom. The van der Waals surface area contributed by atoms with Crippen LogP contribution >= 0.6 is 0 Å². The topological polar surface area (TPSA) is 61.9 Å². The van der Waals surface area contributed by atoms with E-state index in [0.717, 1.165) is 48.2 Å². The van der Waals surface area contributed by atoms with Crippen molar-refractivity contribution in [1.82, 2.24) is 9.62 Å². The zero-order valence-electron chi connectivity index (χ0n) is 20.8. The van der Waals surface area contributed by atoms with Gasteiger partial charge in [0.05, 0.1) is 17.7 Å². The molecule has 4 rings (SSSR count). The van der Waals surface area contributed by atoms with Crippen LogP contribution in [0.5, 0.6) is 5.75 Å². The average molecular weight is 482 g/mol. The molecule has 0 amide bonds. The van der Waals surface area contributed by atoms with Crippen molar-refractivity contribution in [2.45, 2.75) is 31.1 Å². The lowest BCUT2D eigenvalue weighted by molar-refractivity contribution is 0.311. The van der Waals surface area contributed by atoms with Crippen LogP contribution in [0.4, 0.5) is 5.69 Å². The highest BCUT2D eigenvalue weighted by Crippen LogP contribution is 2.33. The lowest BCUT2D eigenvalue weighted by atomic mass is 9.81. The molecule has 182 valence electrons. The highest BCUT2D eigenvalue weighted by atomic mass is 32.2. The normalized spacial score (nSPS) is 15.6. The van der Waals surface area contributed by atoms with Gasteiger partial charge in [-0.3, -0.25) is 0 Å². The third-order valence-corrected chi connectivity index (χ3v) is 8.17. The zero-order chi connectivity index (χ0) is 24.5. The van der Waals surface area contributed by atoms with Gasteiger partial charge in [0.25, 0.3) is 0 Å². The number of nitrogens with one attached hydrogen (secondary N) is 1. The molecule has 3 aromatic rings. The Balaban J connectivity index is 1.59. The summed E-state index contributed by atoms with van der Waals surface area (Å²) in [5, 5.41) is 2.32. The van der Waals surface area contributed by atoms with Gasteiger partial charge in [-0.25, -0.2) is 13.1 Å². The number of sulfonamides is 1. The smallest absolute Gasteiger partial charge is 0.240 e. The second kappa shape index (κ2) is 9.56. The largest absolute Gasteiger partial charge is 0.495 e. The second-order valence-corrected chi connectivity index (χ2v) is 11.6. The van der Waals surface area contributed by atoms with E-state index < -0.39 is 15.4 Å². The summed E-state index contributed by atoms with van der Waals surface area (Å²) in [7, 11) is 0.0139. The molecule has 3 aromatic carbocycles. The number of aryl methyl sites for hydroxylation is 1. The number of piperazine rings is 1. The quantitative estimate of drug-likeness (QED) is 0.549. The molecular weight excluding hydrogens is 446 g/mol. The van der Waals surface area contributed by atoms with Crippen LogP contribution in [-0.4, -0.2) is 60.2 Å². The van der Waals surface area contributed by atoms with E-state index in [4.69, 9.17) is 4.74 Å². The fourth-order valence-corrected chi connectivity index (χ4v) is 5.79. The number of anilines is 1. The molecule has 6 nitrogen and oxygen atoms in total. The highest BCUT2D eigenvalue weighted by molar-refractivity contribution is 7.89. The lowest BCUT2D eigenvalue weighted by Crippen LogP contribution is -2.44. The molecule has 0 aromatic heterocycles. The number of likely N-dealkylation sites (N-methyl/N-ethyl adjacent to an activating group) is 1. The van der Waals surface area contributed by atoms with Crippen molar-refractivity contribution in [3.8, 4) is 5.75 Å². The predicted molar refractivity (Wildman–Crippen MR) is 140 cm³/mol. The Labute approximate surface area is 203 Å². The molecule has 1 N–H and O–H groups in total. The minimum absolute atomic E-state index is 0.256. The first-order valence-electron chi connectivity index (χ1n) is 11.7. The number of nitrogens with zero attached hydrogens (tertiary/aromatic N) is 2. The minimum Gasteiger partial charge on any atom is -0.495 e. The Morgan fingerprint density at radius 3 is 2.44 bits per heavy atom. The van der Waals surface area contributed by atoms with Gasteiger partial charge in [-0.15, -0.1) is 0 Å². The van der Waals surface area contributed by atoms with Crippen molar-refractivity contribution >= 4 is 26.5 Å². The van der Waals surface area contributed by atoms with Crippen LogP contribution in [0.2, 0.25) is 0 Å². The molecule has 0 spiro atoms. The first kappa shape index (κ1) is 24.5. The highest BCUT2D eigenvalue weighted by Gasteiger charge is 2.27. The van der Waals surface area contributed by atoms with Gasteiger partial charge in [0, 0.05) is 38.1 Å². The van der Waals surface area contributed by atoms with E-state index >= 15 is 0 Å². The van der Waals surface area contributed by atoms with Gasteiger partial charge in [-0.05, 0) is 48.5 Å². The summed E-state index contributed by atoms with van der Waals surface area (Å²) in [6, 6.07) is 17.7. The van der Waals surface area contributed by atoms with E-state index in [1.165, 1.54) is 5.56 Å². The van der Waals surface area contributed by atoms with Crippen molar-refractivity contribution in [3.63, 3.8) is 0 Å². The van der Waals surface area contributed by atoms with Gasteiger partial charge in [-0.2, -0.15) is 0 Å². The van der Waals surface area contributed by atoms with E-state index in [9.17, 15) is 8.42 Å². The van der Waals surface area contributed by atoms with Gasteiger partial charge in [0.15, 0.2) is 0 Å². The summed E-state index contributed by atoms with van der Waals surface area (Å²) >= 11 is 0. The molecule has 1 aliphatic rings. The number of hydrogen-bond donors (Lipinski definition) is 1. The third-order valence-electron chi connectivity index (χ3n) is 6.78. The maximum atomic E-state index is 13.3. The van der Waals surface area contributed by atoms with Crippen molar-refractivity contribution in [1.29, 1.82) is 0 Å². The second-order valence-electron chi connectivity index (χ2n) is 9.86. The molecule has 1 saturated heterocycles.